The monoisotopic (exact) mass is 426 g/mol. The molecule has 0 bridgehead atoms. The number of pyridine rings is 1. The second kappa shape index (κ2) is 7.92. The summed E-state index contributed by atoms with van der Waals surface area (Å²) in [6.45, 7) is 2.33. The summed E-state index contributed by atoms with van der Waals surface area (Å²) < 4.78 is 7.99. The van der Waals surface area contributed by atoms with E-state index in [1.54, 1.807) is 41.5 Å². The highest BCUT2D eigenvalue weighted by Gasteiger charge is 2.27. The fourth-order valence-electron chi connectivity index (χ4n) is 4.24. The molecule has 2 aromatic heterocycles. The van der Waals surface area contributed by atoms with Gasteiger partial charge in [0.2, 0.25) is 5.43 Å². The van der Waals surface area contributed by atoms with Gasteiger partial charge in [0.05, 0.1) is 24.0 Å². The van der Waals surface area contributed by atoms with Crippen molar-refractivity contribution in [2.75, 3.05) is 6.54 Å². The van der Waals surface area contributed by atoms with Crippen molar-refractivity contribution in [1.29, 1.82) is 0 Å². The Bertz CT molecular complexity index is 1400. The molecule has 32 heavy (non-hydrogen) atoms. The van der Waals surface area contributed by atoms with Crippen LogP contribution in [0.2, 0.25) is 0 Å². The van der Waals surface area contributed by atoms with E-state index < -0.39 is 5.91 Å². The normalized spacial score (nSPS) is 14.8. The number of ether oxygens (including phenoxy) is 1. The maximum Gasteiger partial charge on any atom is 0.256 e. The van der Waals surface area contributed by atoms with Gasteiger partial charge in [0.25, 0.3) is 5.91 Å². The Morgan fingerprint density at radius 3 is 2.91 bits per heavy atom. The molecule has 1 atom stereocenters. The van der Waals surface area contributed by atoms with Gasteiger partial charge in [-0.15, -0.1) is 0 Å². The number of hydrogen-bond donors (Lipinski definition) is 1. The van der Waals surface area contributed by atoms with Gasteiger partial charge >= 0.3 is 0 Å². The van der Waals surface area contributed by atoms with Gasteiger partial charge in [0.15, 0.2) is 0 Å². The molecule has 0 saturated heterocycles. The van der Waals surface area contributed by atoms with Crippen LogP contribution >= 0.6 is 0 Å². The molecule has 1 aliphatic rings. The molecule has 2 aromatic carbocycles. The number of amides is 1. The third-order valence-electron chi connectivity index (χ3n) is 5.71. The number of aromatic nitrogens is 3. The maximum atomic E-state index is 12.8. The molecule has 3 heterocycles. The summed E-state index contributed by atoms with van der Waals surface area (Å²) in [4.78, 5) is 34.2. The largest absolute Gasteiger partial charge is 0.487 e. The van der Waals surface area contributed by atoms with E-state index in [2.05, 4.69) is 21.4 Å². The summed E-state index contributed by atoms with van der Waals surface area (Å²) in [5.41, 5.74) is 4.46. The zero-order valence-corrected chi connectivity index (χ0v) is 17.8. The number of nitrogens with zero attached hydrogens (tertiary/aromatic N) is 3. The molecule has 1 N–H and O–H groups in total. The number of nitrogens with one attached hydrogen (secondary N) is 1. The Hall–Kier alpha value is -4.00. The van der Waals surface area contributed by atoms with E-state index in [1.807, 2.05) is 32.2 Å². The molecule has 0 spiro atoms. The number of fused-ring (bicyclic) bond motifs is 2. The third-order valence-corrected chi connectivity index (χ3v) is 5.71. The molecule has 7 nitrogen and oxygen atoms in total. The first-order valence-electron chi connectivity index (χ1n) is 10.4. The number of benzene rings is 2. The number of hydrogen-bond acceptors (Lipinski definition) is 5. The topological polar surface area (TPSA) is 86.1 Å². The molecule has 1 unspecified atom stereocenters. The van der Waals surface area contributed by atoms with Crippen LogP contribution in [0.4, 0.5) is 0 Å². The lowest BCUT2D eigenvalue weighted by Crippen LogP contribution is -2.37. The van der Waals surface area contributed by atoms with E-state index in [-0.39, 0.29) is 17.1 Å². The molecule has 0 aliphatic carbocycles. The first-order chi connectivity index (χ1) is 15.5. The fraction of sp³-hybridized carbons (Fsp3) is 0.200. The molecule has 0 saturated carbocycles. The maximum absolute atomic E-state index is 12.8. The Morgan fingerprint density at radius 1 is 1.25 bits per heavy atom. The van der Waals surface area contributed by atoms with Crippen LogP contribution in [0.5, 0.6) is 5.75 Å². The van der Waals surface area contributed by atoms with Crippen molar-refractivity contribution in [2.45, 2.75) is 19.4 Å². The van der Waals surface area contributed by atoms with Crippen molar-refractivity contribution in [3.8, 4) is 17.0 Å². The van der Waals surface area contributed by atoms with Gasteiger partial charge in [0.1, 0.15) is 17.4 Å². The Balaban J connectivity index is 1.35. The second-order valence-electron chi connectivity index (χ2n) is 8.05. The molecule has 7 heteroatoms. The minimum Gasteiger partial charge on any atom is -0.487 e. The SMILES string of the molecule is Cc1cc2c(c(-c3cnccn3)c1)OC(CNC(=O)c1cn(C)c3ccccc3c1=O)C2. The third kappa shape index (κ3) is 3.51. The van der Waals surface area contributed by atoms with Crippen LogP contribution in [0.3, 0.4) is 0 Å². The molecule has 160 valence electrons. The van der Waals surface area contributed by atoms with Crippen molar-refractivity contribution in [3.63, 3.8) is 0 Å². The van der Waals surface area contributed by atoms with Crippen molar-refractivity contribution in [2.24, 2.45) is 7.05 Å². The van der Waals surface area contributed by atoms with Crippen LogP contribution in [0, 0.1) is 6.92 Å². The van der Waals surface area contributed by atoms with Crippen molar-refractivity contribution in [1.82, 2.24) is 19.9 Å². The van der Waals surface area contributed by atoms with E-state index in [0.29, 0.717) is 18.4 Å². The Morgan fingerprint density at radius 2 is 2.09 bits per heavy atom. The van der Waals surface area contributed by atoms with Gasteiger partial charge in [-0.25, -0.2) is 0 Å². The molecule has 1 aliphatic heterocycles. The van der Waals surface area contributed by atoms with E-state index >= 15 is 0 Å². The first kappa shape index (κ1) is 19.9. The van der Waals surface area contributed by atoms with Crippen LogP contribution in [-0.2, 0) is 13.5 Å². The van der Waals surface area contributed by atoms with Crippen LogP contribution in [0.25, 0.3) is 22.2 Å². The van der Waals surface area contributed by atoms with Crippen molar-refractivity contribution < 1.29 is 9.53 Å². The highest BCUT2D eigenvalue weighted by Crippen LogP contribution is 2.38. The molecule has 5 rings (SSSR count). The number of para-hydroxylation sites is 1. The zero-order valence-electron chi connectivity index (χ0n) is 17.8. The number of carbonyl (C=O) groups is 1. The lowest BCUT2D eigenvalue weighted by Gasteiger charge is -2.14. The highest BCUT2D eigenvalue weighted by atomic mass is 16.5. The van der Waals surface area contributed by atoms with Crippen molar-refractivity contribution >= 4 is 16.8 Å². The standard InChI is InChI=1S/C25H22N4O3/c1-15-9-16-11-17(32-24(16)19(10-15)21-13-26-7-8-27-21)12-28-25(31)20-14-29(2)22-6-4-3-5-18(22)23(20)30/h3-10,13-14,17H,11-12H2,1-2H3,(H,28,31). The summed E-state index contributed by atoms with van der Waals surface area (Å²) >= 11 is 0. The first-order valence-corrected chi connectivity index (χ1v) is 10.4. The molecule has 4 aromatic rings. The lowest BCUT2D eigenvalue weighted by atomic mass is 10.0. The van der Waals surface area contributed by atoms with Gasteiger partial charge in [-0.2, -0.15) is 0 Å². The summed E-state index contributed by atoms with van der Waals surface area (Å²) in [6, 6.07) is 11.4. The minimum atomic E-state index is -0.402. The fourth-order valence-corrected chi connectivity index (χ4v) is 4.24. The second-order valence-corrected chi connectivity index (χ2v) is 8.05. The average Bonchev–Trinajstić information content (AvgIpc) is 3.22. The predicted octanol–water partition coefficient (Wildman–Crippen LogP) is 3.04. The van der Waals surface area contributed by atoms with E-state index in [9.17, 15) is 9.59 Å². The highest BCUT2D eigenvalue weighted by molar-refractivity contribution is 5.97. The summed E-state index contributed by atoms with van der Waals surface area (Å²) in [5.74, 6) is 0.373. The minimum absolute atomic E-state index is 0.123. The van der Waals surface area contributed by atoms with Crippen LogP contribution in [0.15, 0.2) is 66.0 Å². The Labute approximate surface area is 184 Å². The van der Waals surface area contributed by atoms with Gasteiger partial charge in [-0.3, -0.25) is 19.6 Å². The Kier molecular flexibility index (Phi) is 4.93. The van der Waals surface area contributed by atoms with Crippen LogP contribution < -0.4 is 15.5 Å². The molecule has 1 amide bonds. The molecule has 0 fully saturated rings. The summed E-state index contributed by atoms with van der Waals surface area (Å²) in [5, 5.41) is 3.40. The van der Waals surface area contributed by atoms with E-state index in [0.717, 1.165) is 33.7 Å². The zero-order chi connectivity index (χ0) is 22.2. The number of rotatable bonds is 4. The molecule has 0 radical (unpaired) electrons. The number of aryl methyl sites for hydroxylation is 2. The lowest BCUT2D eigenvalue weighted by molar-refractivity contribution is 0.0932. The van der Waals surface area contributed by atoms with Gasteiger partial charge in [0, 0.05) is 43.0 Å². The van der Waals surface area contributed by atoms with Gasteiger partial charge < -0.3 is 14.6 Å². The molecular formula is C25H22N4O3. The van der Waals surface area contributed by atoms with Crippen LogP contribution in [0.1, 0.15) is 21.5 Å². The predicted molar refractivity (Wildman–Crippen MR) is 122 cm³/mol. The van der Waals surface area contributed by atoms with Gasteiger partial charge in [-0.05, 0) is 36.2 Å². The molecular weight excluding hydrogens is 404 g/mol. The quantitative estimate of drug-likeness (QED) is 0.542. The summed E-state index contributed by atoms with van der Waals surface area (Å²) in [6.07, 6.45) is 7.02. The van der Waals surface area contributed by atoms with E-state index in [1.165, 1.54) is 0 Å². The number of carbonyl (C=O) groups excluding carboxylic acids is 1. The van der Waals surface area contributed by atoms with Gasteiger partial charge in [-0.1, -0.05) is 18.2 Å². The average molecular weight is 426 g/mol. The van der Waals surface area contributed by atoms with E-state index in [4.69, 9.17) is 4.74 Å². The van der Waals surface area contributed by atoms with Crippen molar-refractivity contribution in [3.05, 3.63) is 88.1 Å². The van der Waals surface area contributed by atoms with Crippen LogP contribution in [-0.4, -0.2) is 33.1 Å². The smallest absolute Gasteiger partial charge is 0.256 e. The summed E-state index contributed by atoms with van der Waals surface area (Å²) in [7, 11) is 1.83.